The van der Waals surface area contributed by atoms with Gasteiger partial charge in [-0.25, -0.2) is 9.18 Å². The Kier molecular flexibility index (Phi) is 2.47. The molecule has 1 aromatic heterocycles. The Hall–Kier alpha value is -1.55. The van der Waals surface area contributed by atoms with Crippen LogP contribution in [0.25, 0.3) is 0 Å². The molecule has 2 heterocycles. The first-order valence-corrected chi connectivity index (χ1v) is 4.84. The lowest BCUT2D eigenvalue weighted by molar-refractivity contribution is -0.207. The topological polar surface area (TPSA) is 125 Å². The Morgan fingerprint density at radius 2 is 2.28 bits per heavy atom. The lowest BCUT2D eigenvalue weighted by atomic mass is 10.1. The number of aliphatic hydroxyl groups is 3. The number of ether oxygens (including phenoxy) is 1. The van der Waals surface area contributed by atoms with Crippen molar-refractivity contribution >= 4 is 0 Å². The first-order chi connectivity index (χ1) is 9.08. The largest absolute Gasteiger partial charge is 0.390 e. The molecule has 0 spiro atoms. The second-order valence-electron chi connectivity index (χ2n) is 3.72. The summed E-state index contributed by atoms with van der Waals surface area (Å²) in [6, 6.07) is 0.885. The van der Waals surface area contributed by atoms with Crippen LogP contribution in [0.2, 0.25) is 0 Å². The minimum absolute atomic E-state index is 0.558. The summed E-state index contributed by atoms with van der Waals surface area (Å²) in [6.07, 6.45) is -5.42. The van der Waals surface area contributed by atoms with E-state index < -0.39 is 42.1 Å². The zero-order valence-corrected chi connectivity index (χ0v) is 8.78. The molecule has 0 saturated carbocycles. The highest BCUT2D eigenvalue weighted by Crippen LogP contribution is 2.37. The van der Waals surface area contributed by atoms with Crippen molar-refractivity contribution in [3.05, 3.63) is 33.1 Å². The third kappa shape index (κ3) is 1.86. The number of H-pyrrole nitrogens is 1. The van der Waals surface area contributed by atoms with Gasteiger partial charge < -0.3 is 20.1 Å². The molecule has 9 heteroatoms. The number of halogens is 1. The minimum Gasteiger partial charge on any atom is -0.390 e. The van der Waals surface area contributed by atoms with Crippen molar-refractivity contribution < 1.29 is 27.2 Å². The molecular weight excluding hydrogens is 251 g/mol. The zero-order valence-electron chi connectivity index (χ0n) is 10.8. The van der Waals surface area contributed by atoms with Gasteiger partial charge in [0.25, 0.3) is 11.4 Å². The van der Waals surface area contributed by atoms with Crippen molar-refractivity contribution in [3.63, 3.8) is 0 Å². The van der Waals surface area contributed by atoms with Gasteiger partial charge in [0.1, 0.15) is 18.8 Å². The third-order valence-corrected chi connectivity index (χ3v) is 2.57. The van der Waals surface area contributed by atoms with Gasteiger partial charge in [-0.05, 0) is 0 Å². The van der Waals surface area contributed by atoms with Gasteiger partial charge in [-0.15, -0.1) is 0 Å². The van der Waals surface area contributed by atoms with Crippen molar-refractivity contribution in [2.45, 2.75) is 24.3 Å². The Balaban J connectivity index is 2.46. The maximum absolute atomic E-state index is 14.2. The number of nitrogens with zero attached hydrogens (tertiary/aromatic N) is 1. The fourth-order valence-electron chi connectivity index (χ4n) is 1.63. The lowest BCUT2D eigenvalue weighted by Gasteiger charge is -2.19. The highest BCUT2D eigenvalue weighted by molar-refractivity contribution is 4.96. The molecule has 0 aromatic carbocycles. The maximum atomic E-state index is 14.2. The highest BCUT2D eigenvalue weighted by atomic mass is 19.2. The molecule has 1 aromatic rings. The van der Waals surface area contributed by atoms with Gasteiger partial charge in [-0.1, -0.05) is 0 Å². The summed E-state index contributed by atoms with van der Waals surface area (Å²) in [6.45, 7) is -3.62. The van der Waals surface area contributed by atoms with E-state index in [4.69, 9.17) is 7.85 Å². The molecule has 0 aliphatic carbocycles. The minimum atomic E-state index is -3.63. The number of nitrogens with one attached hydrogen (secondary N) is 1. The number of aromatic nitrogens is 2. The van der Waals surface area contributed by atoms with E-state index in [0.29, 0.717) is 4.57 Å². The molecule has 1 fully saturated rings. The van der Waals surface area contributed by atoms with E-state index >= 15 is 0 Å². The van der Waals surface area contributed by atoms with Gasteiger partial charge in [-0.3, -0.25) is 14.3 Å². The summed E-state index contributed by atoms with van der Waals surface area (Å²) >= 11 is 0. The number of rotatable bonds is 2. The van der Waals surface area contributed by atoms with Crippen LogP contribution < -0.4 is 11.2 Å². The monoisotopic (exact) mass is 264 g/mol. The first kappa shape index (κ1) is 10.4. The fraction of sp³-hybridized carbons (Fsp3) is 0.556. The van der Waals surface area contributed by atoms with Crippen LogP contribution in [0.15, 0.2) is 21.9 Å². The molecule has 100 valence electrons. The van der Waals surface area contributed by atoms with Gasteiger partial charge in [0.05, 0.1) is 2.74 Å². The predicted octanol–water partition coefficient (Wildman–Crippen LogP) is -2.55. The predicted molar refractivity (Wildman–Crippen MR) is 54.4 cm³/mol. The summed E-state index contributed by atoms with van der Waals surface area (Å²) in [7, 11) is 0. The molecule has 0 unspecified atom stereocenters. The fourth-order valence-corrected chi connectivity index (χ4v) is 1.63. The van der Waals surface area contributed by atoms with Crippen molar-refractivity contribution in [2.24, 2.45) is 0 Å². The van der Waals surface area contributed by atoms with E-state index in [1.54, 1.807) is 0 Å². The molecule has 1 aliphatic heterocycles. The van der Waals surface area contributed by atoms with Gasteiger partial charge in [0, 0.05) is 12.3 Å². The van der Waals surface area contributed by atoms with E-state index in [2.05, 4.69) is 4.74 Å². The molecule has 0 amide bonds. The van der Waals surface area contributed by atoms with Crippen LogP contribution in [-0.2, 0) is 4.74 Å². The molecule has 4 N–H and O–H groups in total. The summed E-state index contributed by atoms with van der Waals surface area (Å²) < 4.78 is 33.0. The van der Waals surface area contributed by atoms with E-state index in [0.717, 1.165) is 12.3 Å². The Bertz CT molecular complexity index is 628. The van der Waals surface area contributed by atoms with Crippen LogP contribution in [0, 0.1) is 0 Å². The van der Waals surface area contributed by atoms with Crippen molar-refractivity contribution in [3.8, 4) is 0 Å². The second kappa shape index (κ2) is 4.28. The average Bonchev–Trinajstić information content (AvgIpc) is 2.54. The first-order valence-electron chi connectivity index (χ1n) is 5.84. The molecule has 0 bridgehead atoms. The van der Waals surface area contributed by atoms with Gasteiger partial charge in [-0.2, -0.15) is 0 Å². The third-order valence-electron chi connectivity index (χ3n) is 2.57. The summed E-state index contributed by atoms with van der Waals surface area (Å²) in [4.78, 5) is 24.2. The number of aromatic amines is 1. The Morgan fingerprint density at radius 3 is 2.78 bits per heavy atom. The van der Waals surface area contributed by atoms with Crippen LogP contribution in [0.1, 0.15) is 8.97 Å². The summed E-state index contributed by atoms with van der Waals surface area (Å²) in [5.41, 5.74) is -1.81. The lowest BCUT2D eigenvalue weighted by Crippen LogP contribution is -2.42. The highest BCUT2D eigenvalue weighted by Gasteiger charge is 2.55. The molecule has 1 saturated heterocycles. The second-order valence-corrected chi connectivity index (χ2v) is 3.72. The molecule has 1 aliphatic rings. The number of hydrogen-bond donors (Lipinski definition) is 4. The van der Waals surface area contributed by atoms with Crippen LogP contribution in [0.5, 0.6) is 0 Å². The van der Waals surface area contributed by atoms with Gasteiger partial charge in [0.15, 0.2) is 6.23 Å². The molecular formula is C9H11FN2O6. The van der Waals surface area contributed by atoms with Crippen LogP contribution in [-0.4, -0.2) is 49.5 Å². The summed E-state index contributed by atoms with van der Waals surface area (Å²) in [5, 5.41) is 28.2. The van der Waals surface area contributed by atoms with Crippen LogP contribution in [0.4, 0.5) is 4.39 Å². The number of alkyl halides is 1. The van der Waals surface area contributed by atoms with Crippen molar-refractivity contribution in [1.82, 2.24) is 9.55 Å². The van der Waals surface area contributed by atoms with E-state index in [1.165, 1.54) is 0 Å². The molecule has 8 nitrogen and oxygen atoms in total. The number of hydrogen-bond acceptors (Lipinski definition) is 6. The van der Waals surface area contributed by atoms with E-state index in [9.17, 15) is 24.2 Å². The Morgan fingerprint density at radius 1 is 1.61 bits per heavy atom. The summed E-state index contributed by atoms with van der Waals surface area (Å²) in [5.74, 6) is -3.63. The van der Waals surface area contributed by atoms with Gasteiger partial charge >= 0.3 is 5.69 Å². The van der Waals surface area contributed by atoms with Crippen molar-refractivity contribution in [2.75, 3.05) is 6.56 Å². The smallest absolute Gasteiger partial charge is 0.330 e. The van der Waals surface area contributed by atoms with E-state index in [1.807, 2.05) is 4.98 Å². The van der Waals surface area contributed by atoms with Gasteiger partial charge in [0.2, 0.25) is 0 Å². The van der Waals surface area contributed by atoms with Crippen molar-refractivity contribution in [1.29, 1.82) is 0 Å². The SMILES string of the molecule is [2H]C([2H])(O)[C@@]1(F)O[C@@H](n2ccc(=O)[nH]c2=O)[C@H](O)[C@@H]1O. The normalized spacial score (nSPS) is 38.3. The molecule has 4 atom stereocenters. The molecule has 2 rings (SSSR count). The maximum Gasteiger partial charge on any atom is 0.330 e. The zero-order chi connectivity index (χ0) is 15.3. The quantitative estimate of drug-likeness (QED) is 0.466. The number of aliphatic hydroxyl groups excluding tert-OH is 2. The van der Waals surface area contributed by atoms with Crippen LogP contribution >= 0.6 is 0 Å². The standard InChI is InChI=1S/C9H11FN2O6/c10-9(3-13)6(16)5(15)7(18-9)12-2-1-4(14)11-8(12)17/h1-2,5-7,13,15-16H,3H2,(H,11,14,17)/t5-,6+,7-,9-/m1/s1/i3D2. The molecule has 0 radical (unpaired) electrons. The van der Waals surface area contributed by atoms with E-state index in [-0.39, 0.29) is 0 Å². The molecule has 18 heavy (non-hydrogen) atoms. The van der Waals surface area contributed by atoms with Crippen LogP contribution in [0.3, 0.4) is 0 Å². The average molecular weight is 264 g/mol. The Labute approximate surface area is 102 Å².